The minimum atomic E-state index is 0.494. The number of ether oxygens (including phenoxy) is 1. The van der Waals surface area contributed by atoms with Crippen molar-refractivity contribution in [2.75, 3.05) is 18.6 Å². The Morgan fingerprint density at radius 2 is 1.74 bits per heavy atom. The molecule has 0 bridgehead atoms. The highest BCUT2D eigenvalue weighted by atomic mass is 16.5. The molecule has 1 aliphatic heterocycles. The fourth-order valence-corrected chi connectivity index (χ4v) is 2.87. The lowest BCUT2D eigenvalue weighted by molar-refractivity contribution is 0.414. The molecule has 1 heterocycles. The summed E-state index contributed by atoms with van der Waals surface area (Å²) in [4.78, 5) is 2.50. The molecule has 0 radical (unpaired) electrons. The maximum Gasteiger partial charge on any atom is 0.118 e. The van der Waals surface area contributed by atoms with Crippen molar-refractivity contribution in [2.24, 2.45) is 0 Å². The molecule has 0 saturated carbocycles. The zero-order chi connectivity index (χ0) is 13.1. The van der Waals surface area contributed by atoms with Crippen LogP contribution in [0.3, 0.4) is 0 Å². The van der Waals surface area contributed by atoms with Gasteiger partial charge in [0.2, 0.25) is 0 Å². The number of anilines is 1. The highest BCUT2D eigenvalue weighted by Gasteiger charge is 2.25. The van der Waals surface area contributed by atoms with Gasteiger partial charge in [-0.3, -0.25) is 0 Å². The van der Waals surface area contributed by atoms with Gasteiger partial charge in [-0.15, -0.1) is 0 Å². The molecule has 2 nitrogen and oxygen atoms in total. The zero-order valence-corrected chi connectivity index (χ0v) is 11.3. The smallest absolute Gasteiger partial charge is 0.118 e. The first-order valence-electron chi connectivity index (χ1n) is 6.84. The van der Waals surface area contributed by atoms with Gasteiger partial charge in [0, 0.05) is 12.2 Å². The molecule has 0 aromatic heterocycles. The van der Waals surface area contributed by atoms with E-state index in [4.69, 9.17) is 4.74 Å². The van der Waals surface area contributed by atoms with E-state index in [2.05, 4.69) is 59.5 Å². The molecule has 1 atom stereocenters. The molecule has 1 fully saturated rings. The Hall–Kier alpha value is -1.96. The number of methoxy groups -OCH3 is 1. The van der Waals surface area contributed by atoms with Gasteiger partial charge in [-0.05, 0) is 42.7 Å². The van der Waals surface area contributed by atoms with E-state index in [1.165, 1.54) is 24.1 Å². The largest absolute Gasteiger partial charge is 0.497 e. The maximum atomic E-state index is 5.23. The van der Waals surface area contributed by atoms with Crippen molar-refractivity contribution < 1.29 is 4.74 Å². The summed E-state index contributed by atoms with van der Waals surface area (Å²) in [6.07, 6.45) is 2.48. The van der Waals surface area contributed by atoms with Crippen LogP contribution in [0.15, 0.2) is 54.6 Å². The first kappa shape index (κ1) is 12.1. The molecule has 2 aromatic carbocycles. The third-order valence-corrected chi connectivity index (χ3v) is 3.84. The van der Waals surface area contributed by atoms with Gasteiger partial charge >= 0.3 is 0 Å². The van der Waals surface area contributed by atoms with E-state index in [0.29, 0.717) is 6.04 Å². The second-order valence-electron chi connectivity index (χ2n) is 4.96. The molecule has 2 heteroatoms. The fraction of sp³-hybridized carbons (Fsp3) is 0.294. The number of benzene rings is 2. The van der Waals surface area contributed by atoms with E-state index in [0.717, 1.165) is 12.3 Å². The van der Waals surface area contributed by atoms with Crippen LogP contribution in [-0.2, 0) is 0 Å². The monoisotopic (exact) mass is 253 g/mol. The summed E-state index contributed by atoms with van der Waals surface area (Å²) in [7, 11) is 1.71. The average molecular weight is 253 g/mol. The number of hydrogen-bond donors (Lipinski definition) is 0. The molecule has 1 saturated heterocycles. The first-order chi connectivity index (χ1) is 9.38. The van der Waals surface area contributed by atoms with Crippen LogP contribution in [0.5, 0.6) is 5.75 Å². The van der Waals surface area contributed by atoms with Crippen LogP contribution in [0, 0.1) is 0 Å². The van der Waals surface area contributed by atoms with E-state index < -0.39 is 0 Å². The Morgan fingerprint density at radius 1 is 1.00 bits per heavy atom. The molecule has 0 amide bonds. The van der Waals surface area contributed by atoms with Gasteiger partial charge in [-0.2, -0.15) is 0 Å². The Kier molecular flexibility index (Phi) is 3.41. The van der Waals surface area contributed by atoms with Crippen molar-refractivity contribution in [3.8, 4) is 5.75 Å². The highest BCUT2D eigenvalue weighted by Crippen LogP contribution is 2.36. The molecule has 1 aliphatic rings. The zero-order valence-electron chi connectivity index (χ0n) is 11.3. The van der Waals surface area contributed by atoms with Crippen LogP contribution < -0.4 is 9.64 Å². The van der Waals surface area contributed by atoms with Crippen LogP contribution in [-0.4, -0.2) is 13.7 Å². The highest BCUT2D eigenvalue weighted by molar-refractivity contribution is 5.50. The Labute approximate surface area is 114 Å². The second kappa shape index (κ2) is 5.35. The Morgan fingerprint density at radius 3 is 2.42 bits per heavy atom. The van der Waals surface area contributed by atoms with Crippen molar-refractivity contribution in [2.45, 2.75) is 18.9 Å². The third kappa shape index (κ3) is 2.43. The average Bonchev–Trinajstić information content (AvgIpc) is 2.98. The van der Waals surface area contributed by atoms with Crippen LogP contribution in [0.4, 0.5) is 5.69 Å². The van der Waals surface area contributed by atoms with Gasteiger partial charge in [0.05, 0.1) is 13.2 Å². The van der Waals surface area contributed by atoms with E-state index in [-0.39, 0.29) is 0 Å². The second-order valence-corrected chi connectivity index (χ2v) is 4.96. The standard InChI is InChI=1S/C17H19NO/c1-19-16-11-9-14(10-12-16)17-8-5-13-18(17)15-6-3-2-4-7-15/h2-4,6-7,9-12,17H,5,8,13H2,1H3. The predicted octanol–water partition coefficient (Wildman–Crippen LogP) is 4.04. The summed E-state index contributed by atoms with van der Waals surface area (Å²) in [5, 5.41) is 0. The van der Waals surface area contributed by atoms with Gasteiger partial charge in [0.15, 0.2) is 0 Å². The quantitative estimate of drug-likeness (QED) is 0.818. The predicted molar refractivity (Wildman–Crippen MR) is 78.8 cm³/mol. The van der Waals surface area contributed by atoms with Crippen molar-refractivity contribution in [3.05, 3.63) is 60.2 Å². The lowest BCUT2D eigenvalue weighted by Crippen LogP contribution is -2.22. The maximum absolute atomic E-state index is 5.23. The Balaban J connectivity index is 1.86. The number of para-hydroxylation sites is 1. The number of nitrogens with zero attached hydrogens (tertiary/aromatic N) is 1. The number of hydrogen-bond acceptors (Lipinski definition) is 2. The van der Waals surface area contributed by atoms with Gasteiger partial charge < -0.3 is 9.64 Å². The molecular formula is C17H19NO. The molecule has 1 unspecified atom stereocenters. The van der Waals surface area contributed by atoms with Crippen molar-refractivity contribution >= 4 is 5.69 Å². The van der Waals surface area contributed by atoms with E-state index >= 15 is 0 Å². The number of rotatable bonds is 3. The minimum absolute atomic E-state index is 0.494. The molecule has 0 aliphatic carbocycles. The summed E-state index contributed by atoms with van der Waals surface area (Å²) >= 11 is 0. The van der Waals surface area contributed by atoms with E-state index in [1.54, 1.807) is 7.11 Å². The summed E-state index contributed by atoms with van der Waals surface area (Å²) < 4.78 is 5.23. The van der Waals surface area contributed by atoms with E-state index in [9.17, 15) is 0 Å². The molecule has 2 aromatic rings. The lowest BCUT2D eigenvalue weighted by Gasteiger charge is -2.27. The summed E-state index contributed by atoms with van der Waals surface area (Å²) in [5.41, 5.74) is 2.70. The molecule has 0 spiro atoms. The van der Waals surface area contributed by atoms with Crippen LogP contribution in [0.1, 0.15) is 24.4 Å². The summed E-state index contributed by atoms with van der Waals surface area (Å²) in [6, 6.07) is 19.7. The summed E-state index contributed by atoms with van der Waals surface area (Å²) in [5.74, 6) is 0.924. The topological polar surface area (TPSA) is 12.5 Å². The molecule has 19 heavy (non-hydrogen) atoms. The van der Waals surface area contributed by atoms with Crippen molar-refractivity contribution in [1.29, 1.82) is 0 Å². The molecular weight excluding hydrogens is 234 g/mol. The van der Waals surface area contributed by atoms with Crippen LogP contribution >= 0.6 is 0 Å². The molecule has 98 valence electrons. The van der Waals surface area contributed by atoms with Crippen LogP contribution in [0.25, 0.3) is 0 Å². The van der Waals surface area contributed by atoms with E-state index in [1.807, 2.05) is 0 Å². The fourth-order valence-electron chi connectivity index (χ4n) is 2.87. The molecule has 3 rings (SSSR count). The molecule has 0 N–H and O–H groups in total. The van der Waals surface area contributed by atoms with Gasteiger partial charge in [0.25, 0.3) is 0 Å². The first-order valence-corrected chi connectivity index (χ1v) is 6.84. The van der Waals surface area contributed by atoms with Gasteiger partial charge in [0.1, 0.15) is 5.75 Å². The minimum Gasteiger partial charge on any atom is -0.497 e. The Bertz CT molecular complexity index is 521. The SMILES string of the molecule is COc1ccc(C2CCCN2c2ccccc2)cc1. The van der Waals surface area contributed by atoms with Crippen molar-refractivity contribution in [1.82, 2.24) is 0 Å². The van der Waals surface area contributed by atoms with Crippen molar-refractivity contribution in [3.63, 3.8) is 0 Å². The third-order valence-electron chi connectivity index (χ3n) is 3.84. The van der Waals surface area contributed by atoms with Gasteiger partial charge in [-0.1, -0.05) is 30.3 Å². The van der Waals surface area contributed by atoms with Gasteiger partial charge in [-0.25, -0.2) is 0 Å². The van der Waals surface area contributed by atoms with Crippen LogP contribution in [0.2, 0.25) is 0 Å². The lowest BCUT2D eigenvalue weighted by atomic mass is 10.0. The normalized spacial score (nSPS) is 18.6. The summed E-state index contributed by atoms with van der Waals surface area (Å²) in [6.45, 7) is 1.14.